The molecule has 0 radical (unpaired) electrons. The van der Waals surface area contributed by atoms with Gasteiger partial charge in [-0.3, -0.25) is 14.4 Å². The number of amides is 3. The van der Waals surface area contributed by atoms with Crippen LogP contribution in [0.5, 0.6) is 0 Å². The molecule has 0 heterocycles. The Balaban J connectivity index is 3.08. The van der Waals surface area contributed by atoms with Crippen LogP contribution >= 0.6 is 15.9 Å². The SMILES string of the molecule is CC[C@@](C)(NC(=O)c1ccc(Br)cc1)C(=O)N[C@@](C)(CC)C(=O)N[C@](C)(CC)C(=O)OC(C)(C)C. The Labute approximate surface area is 217 Å². The van der Waals surface area contributed by atoms with Crippen LogP contribution in [-0.4, -0.2) is 45.9 Å². The molecule has 0 fully saturated rings. The maximum absolute atomic E-state index is 13.3. The fourth-order valence-corrected chi connectivity index (χ4v) is 3.25. The Morgan fingerprint density at radius 1 is 0.714 bits per heavy atom. The maximum atomic E-state index is 13.3. The summed E-state index contributed by atoms with van der Waals surface area (Å²) in [6.07, 6.45) is 0.865. The number of benzene rings is 1. The molecule has 3 N–H and O–H groups in total. The number of ether oxygens (including phenoxy) is 1. The van der Waals surface area contributed by atoms with Crippen LogP contribution < -0.4 is 16.0 Å². The molecule has 0 aliphatic carbocycles. The van der Waals surface area contributed by atoms with Crippen LogP contribution in [-0.2, 0) is 19.1 Å². The zero-order valence-corrected chi connectivity index (χ0v) is 23.9. The van der Waals surface area contributed by atoms with Gasteiger partial charge in [0.2, 0.25) is 11.8 Å². The first-order chi connectivity index (χ1) is 15.9. The highest BCUT2D eigenvalue weighted by Gasteiger charge is 2.44. The molecule has 8 nitrogen and oxygen atoms in total. The van der Waals surface area contributed by atoms with E-state index in [2.05, 4.69) is 31.9 Å². The summed E-state index contributed by atoms with van der Waals surface area (Å²) in [5.41, 5.74) is -4.16. The van der Waals surface area contributed by atoms with E-state index < -0.39 is 45.9 Å². The molecule has 0 saturated carbocycles. The van der Waals surface area contributed by atoms with Crippen molar-refractivity contribution in [3.8, 4) is 0 Å². The van der Waals surface area contributed by atoms with Crippen molar-refractivity contribution in [3.63, 3.8) is 0 Å². The van der Waals surface area contributed by atoms with Gasteiger partial charge in [0.25, 0.3) is 5.91 Å². The molecule has 1 rings (SSSR count). The Morgan fingerprint density at radius 3 is 1.51 bits per heavy atom. The first-order valence-corrected chi connectivity index (χ1v) is 12.7. The molecule has 196 valence electrons. The summed E-state index contributed by atoms with van der Waals surface area (Å²) in [5, 5.41) is 8.39. The standard InChI is InChI=1S/C26H40BrN3O5/c1-10-24(7,28-19(31)17-13-15-18(27)16-14-17)20(32)29-25(8,11-2)21(33)30-26(9,12-3)22(34)35-23(4,5)6/h13-16H,10-12H2,1-9H3,(H,28,31)(H,29,32)(H,30,33)/t24-,25+,26-/m1/s1. The summed E-state index contributed by atoms with van der Waals surface area (Å²) in [6.45, 7) is 15.4. The van der Waals surface area contributed by atoms with Gasteiger partial charge in [0, 0.05) is 10.0 Å². The number of esters is 1. The van der Waals surface area contributed by atoms with Gasteiger partial charge in [0.15, 0.2) is 0 Å². The van der Waals surface area contributed by atoms with Crippen LogP contribution in [0.4, 0.5) is 0 Å². The fourth-order valence-electron chi connectivity index (χ4n) is 2.99. The van der Waals surface area contributed by atoms with Crippen molar-refractivity contribution in [1.29, 1.82) is 0 Å². The molecule has 0 spiro atoms. The lowest BCUT2D eigenvalue weighted by Gasteiger charge is -2.38. The minimum Gasteiger partial charge on any atom is -0.458 e. The second-order valence-corrected chi connectivity index (χ2v) is 11.3. The third-order valence-corrected chi connectivity index (χ3v) is 6.78. The van der Waals surface area contributed by atoms with Crippen LogP contribution in [0.2, 0.25) is 0 Å². The van der Waals surface area contributed by atoms with Gasteiger partial charge in [-0.2, -0.15) is 0 Å². The monoisotopic (exact) mass is 553 g/mol. The van der Waals surface area contributed by atoms with Gasteiger partial charge >= 0.3 is 5.97 Å². The molecule has 0 bridgehead atoms. The topological polar surface area (TPSA) is 114 Å². The van der Waals surface area contributed by atoms with E-state index in [0.717, 1.165) is 4.47 Å². The van der Waals surface area contributed by atoms with Gasteiger partial charge in [-0.25, -0.2) is 4.79 Å². The molecule has 0 aromatic heterocycles. The maximum Gasteiger partial charge on any atom is 0.332 e. The van der Waals surface area contributed by atoms with Gasteiger partial charge in [-0.15, -0.1) is 0 Å². The number of nitrogens with one attached hydrogen (secondary N) is 3. The first kappa shape index (κ1) is 30.6. The molecule has 1 aromatic carbocycles. The van der Waals surface area contributed by atoms with Crippen LogP contribution in [0.25, 0.3) is 0 Å². The average Bonchev–Trinajstić information content (AvgIpc) is 2.77. The van der Waals surface area contributed by atoms with Gasteiger partial charge in [-0.05, 0) is 85.1 Å². The minimum atomic E-state index is -1.33. The summed E-state index contributed by atoms with van der Waals surface area (Å²) in [7, 11) is 0. The quantitative estimate of drug-likeness (QED) is 0.374. The van der Waals surface area contributed by atoms with E-state index in [1.807, 2.05) is 0 Å². The lowest BCUT2D eigenvalue weighted by molar-refractivity contribution is -0.164. The molecule has 35 heavy (non-hydrogen) atoms. The van der Waals surface area contributed by atoms with Crippen molar-refractivity contribution in [1.82, 2.24) is 16.0 Å². The van der Waals surface area contributed by atoms with Gasteiger partial charge in [0.05, 0.1) is 0 Å². The highest BCUT2D eigenvalue weighted by molar-refractivity contribution is 9.10. The molecule has 0 saturated heterocycles. The van der Waals surface area contributed by atoms with Crippen molar-refractivity contribution in [3.05, 3.63) is 34.3 Å². The second-order valence-electron chi connectivity index (χ2n) is 10.4. The smallest absolute Gasteiger partial charge is 0.332 e. The highest BCUT2D eigenvalue weighted by Crippen LogP contribution is 2.21. The largest absolute Gasteiger partial charge is 0.458 e. The van der Waals surface area contributed by atoms with E-state index in [1.54, 1.807) is 86.6 Å². The third-order valence-electron chi connectivity index (χ3n) is 6.25. The molecule has 3 atom stereocenters. The van der Waals surface area contributed by atoms with Crippen molar-refractivity contribution in [2.24, 2.45) is 0 Å². The summed E-state index contributed by atoms with van der Waals surface area (Å²) in [6, 6.07) is 6.79. The van der Waals surface area contributed by atoms with Crippen molar-refractivity contribution < 1.29 is 23.9 Å². The predicted molar refractivity (Wildman–Crippen MR) is 140 cm³/mol. The Bertz CT molecular complexity index is 943. The highest BCUT2D eigenvalue weighted by atomic mass is 79.9. The zero-order chi connectivity index (χ0) is 27.2. The number of rotatable bonds is 10. The third kappa shape index (κ3) is 8.05. The van der Waals surface area contributed by atoms with Crippen molar-refractivity contribution in [2.45, 2.75) is 104 Å². The number of hydrogen-bond donors (Lipinski definition) is 3. The van der Waals surface area contributed by atoms with Gasteiger partial charge in [-0.1, -0.05) is 36.7 Å². The van der Waals surface area contributed by atoms with Crippen molar-refractivity contribution in [2.75, 3.05) is 0 Å². The first-order valence-electron chi connectivity index (χ1n) is 11.9. The average molecular weight is 555 g/mol. The number of carbonyl (C=O) groups excluding carboxylic acids is 4. The molecule has 0 unspecified atom stereocenters. The summed E-state index contributed by atoms with van der Waals surface area (Å²) >= 11 is 3.33. The summed E-state index contributed by atoms with van der Waals surface area (Å²) < 4.78 is 6.33. The van der Waals surface area contributed by atoms with E-state index in [0.29, 0.717) is 18.4 Å². The van der Waals surface area contributed by atoms with Crippen LogP contribution in [0.15, 0.2) is 28.7 Å². The normalized spacial score (nSPS) is 16.6. The molecule has 0 aliphatic heterocycles. The minimum absolute atomic E-state index is 0.263. The van der Waals surface area contributed by atoms with Crippen LogP contribution in [0, 0.1) is 0 Å². The van der Waals surface area contributed by atoms with E-state index in [-0.39, 0.29) is 6.42 Å². The van der Waals surface area contributed by atoms with E-state index in [4.69, 9.17) is 4.74 Å². The molecule has 3 amide bonds. The van der Waals surface area contributed by atoms with E-state index in [1.165, 1.54) is 0 Å². The molecule has 0 aliphatic rings. The second kappa shape index (κ2) is 11.5. The van der Waals surface area contributed by atoms with Gasteiger partial charge < -0.3 is 20.7 Å². The molecular formula is C26H40BrN3O5. The number of carbonyl (C=O) groups is 4. The lowest BCUT2D eigenvalue weighted by atomic mass is 9.90. The summed E-state index contributed by atoms with van der Waals surface area (Å²) in [5.74, 6) is -1.96. The Kier molecular flexibility index (Phi) is 10.1. The Hall–Kier alpha value is -2.42. The van der Waals surface area contributed by atoms with Crippen LogP contribution in [0.1, 0.15) is 91.9 Å². The van der Waals surface area contributed by atoms with Gasteiger partial charge in [0.1, 0.15) is 22.2 Å². The van der Waals surface area contributed by atoms with Crippen molar-refractivity contribution >= 4 is 39.6 Å². The molecule has 9 heteroatoms. The van der Waals surface area contributed by atoms with Crippen LogP contribution in [0.3, 0.4) is 0 Å². The summed E-state index contributed by atoms with van der Waals surface area (Å²) in [4.78, 5) is 52.3. The zero-order valence-electron chi connectivity index (χ0n) is 22.3. The Morgan fingerprint density at radius 2 is 1.11 bits per heavy atom. The molecule has 1 aromatic rings. The fraction of sp³-hybridized carbons (Fsp3) is 0.615. The number of hydrogen-bond acceptors (Lipinski definition) is 5. The predicted octanol–water partition coefficient (Wildman–Crippen LogP) is 4.26. The molecular weight excluding hydrogens is 514 g/mol. The van der Waals surface area contributed by atoms with E-state index in [9.17, 15) is 19.2 Å². The number of halogens is 1. The lowest BCUT2D eigenvalue weighted by Crippen LogP contribution is -2.67. The van der Waals surface area contributed by atoms with E-state index >= 15 is 0 Å².